The molecule has 4 nitrogen and oxygen atoms in total. The van der Waals surface area contributed by atoms with Crippen molar-refractivity contribution in [2.75, 3.05) is 11.6 Å². The van der Waals surface area contributed by atoms with Gasteiger partial charge in [-0.05, 0) is 30.5 Å². The van der Waals surface area contributed by atoms with Crippen LogP contribution >= 0.6 is 34.7 Å². The first-order valence-electron chi connectivity index (χ1n) is 6.71. The SMILES string of the molecule is CSc1ccccc1C(=O)Nc1nnc(-c2ccc(Cl)cc2)s1. The van der Waals surface area contributed by atoms with E-state index in [1.165, 1.54) is 23.1 Å². The van der Waals surface area contributed by atoms with Crippen LogP contribution in [0.15, 0.2) is 53.4 Å². The summed E-state index contributed by atoms with van der Waals surface area (Å²) in [6.07, 6.45) is 1.94. The van der Waals surface area contributed by atoms with Gasteiger partial charge in [0.15, 0.2) is 0 Å². The molecule has 1 aromatic heterocycles. The molecule has 0 aliphatic carbocycles. The van der Waals surface area contributed by atoms with Crippen LogP contribution in [0, 0.1) is 0 Å². The first-order chi connectivity index (χ1) is 11.2. The van der Waals surface area contributed by atoms with Gasteiger partial charge in [-0.25, -0.2) is 0 Å². The molecular weight excluding hydrogens is 350 g/mol. The van der Waals surface area contributed by atoms with E-state index < -0.39 is 0 Å². The molecule has 7 heteroatoms. The van der Waals surface area contributed by atoms with E-state index in [1.807, 2.05) is 36.6 Å². The first-order valence-corrected chi connectivity index (χ1v) is 9.13. The van der Waals surface area contributed by atoms with Crippen molar-refractivity contribution in [3.05, 3.63) is 59.1 Å². The van der Waals surface area contributed by atoms with Gasteiger partial charge in [-0.2, -0.15) is 0 Å². The van der Waals surface area contributed by atoms with E-state index in [9.17, 15) is 4.79 Å². The lowest BCUT2D eigenvalue weighted by Crippen LogP contribution is -2.12. The van der Waals surface area contributed by atoms with E-state index in [2.05, 4.69) is 15.5 Å². The summed E-state index contributed by atoms with van der Waals surface area (Å²) in [5.74, 6) is -0.186. The van der Waals surface area contributed by atoms with Gasteiger partial charge in [-0.1, -0.05) is 47.2 Å². The normalized spacial score (nSPS) is 10.5. The van der Waals surface area contributed by atoms with Gasteiger partial charge in [-0.15, -0.1) is 22.0 Å². The molecule has 0 radical (unpaired) electrons. The molecule has 0 saturated carbocycles. The molecule has 0 bridgehead atoms. The topological polar surface area (TPSA) is 54.9 Å². The molecule has 0 unspecified atom stereocenters. The molecule has 0 atom stereocenters. The van der Waals surface area contributed by atoms with Gasteiger partial charge in [-0.3, -0.25) is 10.1 Å². The van der Waals surface area contributed by atoms with E-state index >= 15 is 0 Å². The Labute approximate surface area is 146 Å². The lowest BCUT2D eigenvalue weighted by atomic mass is 10.2. The van der Waals surface area contributed by atoms with E-state index in [-0.39, 0.29) is 5.91 Å². The average Bonchev–Trinajstić information content (AvgIpc) is 3.04. The predicted octanol–water partition coefficient (Wildman–Crippen LogP) is 4.83. The van der Waals surface area contributed by atoms with Crippen LogP contribution in [0.1, 0.15) is 10.4 Å². The van der Waals surface area contributed by atoms with Crippen LogP contribution in [0.3, 0.4) is 0 Å². The number of hydrogen-bond donors (Lipinski definition) is 1. The third kappa shape index (κ3) is 3.72. The molecule has 1 N–H and O–H groups in total. The average molecular weight is 362 g/mol. The molecule has 1 amide bonds. The van der Waals surface area contributed by atoms with Crippen molar-refractivity contribution in [3.63, 3.8) is 0 Å². The number of amides is 1. The van der Waals surface area contributed by atoms with Gasteiger partial charge >= 0.3 is 0 Å². The largest absolute Gasteiger partial charge is 0.296 e. The number of halogens is 1. The van der Waals surface area contributed by atoms with Crippen molar-refractivity contribution >= 4 is 45.7 Å². The molecule has 3 rings (SSSR count). The summed E-state index contributed by atoms with van der Waals surface area (Å²) in [6.45, 7) is 0. The van der Waals surface area contributed by atoms with E-state index in [0.29, 0.717) is 15.7 Å². The van der Waals surface area contributed by atoms with Crippen LogP contribution in [0.5, 0.6) is 0 Å². The number of aromatic nitrogens is 2. The fourth-order valence-corrected chi connectivity index (χ4v) is 3.44. The Morgan fingerprint density at radius 3 is 2.61 bits per heavy atom. The predicted molar refractivity (Wildman–Crippen MR) is 96.5 cm³/mol. The zero-order valence-electron chi connectivity index (χ0n) is 12.1. The third-order valence-electron chi connectivity index (χ3n) is 3.09. The Balaban J connectivity index is 1.79. The van der Waals surface area contributed by atoms with Crippen molar-refractivity contribution in [2.24, 2.45) is 0 Å². The van der Waals surface area contributed by atoms with Crippen LogP contribution in [0.2, 0.25) is 5.02 Å². The summed E-state index contributed by atoms with van der Waals surface area (Å²) in [5.41, 5.74) is 1.54. The van der Waals surface area contributed by atoms with E-state index in [0.717, 1.165) is 15.5 Å². The minimum atomic E-state index is -0.186. The highest BCUT2D eigenvalue weighted by atomic mass is 35.5. The standard InChI is InChI=1S/C16H12ClN3OS2/c1-22-13-5-3-2-4-12(13)14(21)18-16-20-19-15(23-16)10-6-8-11(17)9-7-10/h2-9H,1H3,(H,18,20,21). The van der Waals surface area contributed by atoms with Gasteiger partial charge in [0.05, 0.1) is 5.56 Å². The van der Waals surface area contributed by atoms with Crippen LogP contribution in [-0.4, -0.2) is 22.4 Å². The molecule has 116 valence electrons. The van der Waals surface area contributed by atoms with Crippen LogP contribution < -0.4 is 5.32 Å². The van der Waals surface area contributed by atoms with Crippen molar-refractivity contribution in [1.82, 2.24) is 10.2 Å². The molecule has 23 heavy (non-hydrogen) atoms. The van der Waals surface area contributed by atoms with Crippen molar-refractivity contribution < 1.29 is 4.79 Å². The molecule has 2 aromatic carbocycles. The zero-order chi connectivity index (χ0) is 16.2. The second-order valence-corrected chi connectivity index (χ2v) is 6.84. The van der Waals surface area contributed by atoms with E-state index in [4.69, 9.17) is 11.6 Å². The Morgan fingerprint density at radius 1 is 1.13 bits per heavy atom. The second-order valence-electron chi connectivity index (χ2n) is 4.57. The molecule has 3 aromatic rings. The zero-order valence-corrected chi connectivity index (χ0v) is 14.5. The quantitative estimate of drug-likeness (QED) is 0.676. The molecule has 0 aliphatic heterocycles. The van der Waals surface area contributed by atoms with Gasteiger partial charge in [0, 0.05) is 15.5 Å². The Bertz CT molecular complexity index is 833. The van der Waals surface area contributed by atoms with Crippen LogP contribution in [0.25, 0.3) is 10.6 Å². The summed E-state index contributed by atoms with van der Waals surface area (Å²) in [4.78, 5) is 13.3. The Hall–Kier alpha value is -1.89. The summed E-state index contributed by atoms with van der Waals surface area (Å²) in [7, 11) is 0. The lowest BCUT2D eigenvalue weighted by Gasteiger charge is -2.05. The van der Waals surface area contributed by atoms with Crippen molar-refractivity contribution in [3.8, 4) is 10.6 Å². The number of benzene rings is 2. The second kappa shape index (κ2) is 7.12. The minimum absolute atomic E-state index is 0.186. The highest BCUT2D eigenvalue weighted by molar-refractivity contribution is 7.98. The van der Waals surface area contributed by atoms with E-state index in [1.54, 1.807) is 18.2 Å². The third-order valence-corrected chi connectivity index (χ3v) is 5.02. The summed E-state index contributed by atoms with van der Waals surface area (Å²) < 4.78 is 0. The molecule has 1 heterocycles. The summed E-state index contributed by atoms with van der Waals surface area (Å²) in [5, 5.41) is 12.8. The highest BCUT2D eigenvalue weighted by Gasteiger charge is 2.13. The van der Waals surface area contributed by atoms with Gasteiger partial charge in [0.1, 0.15) is 5.01 Å². The number of nitrogens with zero attached hydrogens (tertiary/aromatic N) is 2. The first kappa shape index (κ1) is 16.0. The maximum absolute atomic E-state index is 12.4. The lowest BCUT2D eigenvalue weighted by molar-refractivity contribution is 0.102. The summed E-state index contributed by atoms with van der Waals surface area (Å²) in [6, 6.07) is 14.8. The fraction of sp³-hybridized carbons (Fsp3) is 0.0625. The Morgan fingerprint density at radius 2 is 1.87 bits per heavy atom. The molecule has 0 spiro atoms. The van der Waals surface area contributed by atoms with Crippen LogP contribution in [0.4, 0.5) is 5.13 Å². The number of carbonyl (C=O) groups is 1. The smallest absolute Gasteiger partial charge is 0.258 e. The number of anilines is 1. The number of rotatable bonds is 4. The van der Waals surface area contributed by atoms with Crippen LogP contribution in [-0.2, 0) is 0 Å². The number of hydrogen-bond acceptors (Lipinski definition) is 5. The maximum atomic E-state index is 12.4. The number of nitrogens with one attached hydrogen (secondary N) is 1. The number of carbonyl (C=O) groups excluding carboxylic acids is 1. The minimum Gasteiger partial charge on any atom is -0.296 e. The maximum Gasteiger partial charge on any atom is 0.258 e. The molecule has 0 fully saturated rings. The fourth-order valence-electron chi connectivity index (χ4n) is 1.98. The molecule has 0 aliphatic rings. The van der Waals surface area contributed by atoms with Gasteiger partial charge in [0.25, 0.3) is 5.91 Å². The summed E-state index contributed by atoms with van der Waals surface area (Å²) >= 11 is 8.73. The Kier molecular flexibility index (Phi) is 4.95. The van der Waals surface area contributed by atoms with Gasteiger partial charge in [0.2, 0.25) is 5.13 Å². The monoisotopic (exact) mass is 361 g/mol. The number of thioether (sulfide) groups is 1. The molecule has 0 saturated heterocycles. The highest BCUT2D eigenvalue weighted by Crippen LogP contribution is 2.28. The van der Waals surface area contributed by atoms with Crippen molar-refractivity contribution in [2.45, 2.75) is 4.90 Å². The van der Waals surface area contributed by atoms with Crippen molar-refractivity contribution in [1.29, 1.82) is 0 Å². The van der Waals surface area contributed by atoms with Gasteiger partial charge < -0.3 is 0 Å². The molecular formula is C16H12ClN3OS2.